The molecule has 0 amide bonds. The highest BCUT2D eigenvalue weighted by atomic mass is 31.2. The fourth-order valence-electron chi connectivity index (χ4n) is 9.00. The van der Waals surface area contributed by atoms with Gasteiger partial charge in [-0.3, -0.25) is 0 Å². The molecule has 0 aliphatic heterocycles. The molecule has 3 rings (SSSR count). The normalized spacial score (nSPS) is 12.9. The van der Waals surface area contributed by atoms with Gasteiger partial charge in [-0.25, -0.2) is 65.9 Å². The van der Waals surface area contributed by atoms with Crippen LogP contribution in [0.5, 0.6) is 0 Å². The second-order valence-electron chi connectivity index (χ2n) is 15.5. The van der Waals surface area contributed by atoms with Crippen LogP contribution in [0.4, 0.5) is 65.9 Å². The van der Waals surface area contributed by atoms with E-state index in [2.05, 4.69) is 11.5 Å². The number of halogens is 15. The molecule has 3 aromatic carbocycles. The van der Waals surface area contributed by atoms with Gasteiger partial charge >= 0.3 is 0 Å². The second-order valence-corrected chi connectivity index (χ2v) is 21.6. The smallest absolute Gasteiger partial charge is 0.200 e. The lowest BCUT2D eigenvalue weighted by molar-refractivity contribution is 0.379. The maximum atomic E-state index is 16.0. The van der Waals surface area contributed by atoms with Crippen LogP contribution in [0.25, 0.3) is 0 Å². The fourth-order valence-corrected chi connectivity index (χ4v) is 18.3. The molecule has 0 bridgehead atoms. The maximum absolute atomic E-state index is 16.0. The highest BCUT2D eigenvalue weighted by molar-refractivity contribution is 7.83. The highest BCUT2D eigenvalue weighted by Gasteiger charge is 2.66. The van der Waals surface area contributed by atoms with Crippen molar-refractivity contribution in [2.45, 2.75) is 91.6 Å². The average molecular weight is 792 g/mol. The monoisotopic (exact) mass is 792 g/mol. The van der Waals surface area contributed by atoms with Gasteiger partial charge in [0.2, 0.25) is 0 Å². The van der Waals surface area contributed by atoms with Gasteiger partial charge < -0.3 is 0 Å². The Balaban J connectivity index is 3.12. The van der Waals surface area contributed by atoms with Crippen molar-refractivity contribution in [3.8, 4) is 0 Å². The van der Waals surface area contributed by atoms with E-state index in [-0.39, 0.29) is 5.31 Å². The molecular formula is C36H33BF15P. The lowest BCUT2D eigenvalue weighted by Crippen LogP contribution is -2.74. The van der Waals surface area contributed by atoms with Crippen LogP contribution in [0.15, 0.2) is 22.2 Å². The Morgan fingerprint density at radius 1 is 0.358 bits per heavy atom. The standard InChI is InChI=1S/C36H33BF15P/c1-14(12-13-15(2)53(34(3,4)5,35(6,7)8)36(9,10)11)37(16-19(38)25(44)31(50)26(45)20(16)39,17-21(40)27(46)32(51)28(47)22(17)41)18-23(42)29(48)33(52)30(49)24(18)43/h1-11H3. The minimum atomic E-state index is -5.91. The topological polar surface area (TPSA) is 0 Å². The quantitative estimate of drug-likeness (QED) is 0.0603. The first-order valence-electron chi connectivity index (χ1n) is 15.6. The van der Waals surface area contributed by atoms with Crippen molar-refractivity contribution < 1.29 is 65.9 Å². The van der Waals surface area contributed by atoms with E-state index >= 15 is 26.3 Å². The number of rotatable bonds is 5. The third kappa shape index (κ3) is 6.13. The summed E-state index contributed by atoms with van der Waals surface area (Å²) in [6.07, 6.45) is -5.91. The molecule has 0 radical (unpaired) electrons. The van der Waals surface area contributed by atoms with Crippen molar-refractivity contribution in [3.05, 3.63) is 110 Å². The van der Waals surface area contributed by atoms with E-state index in [1.807, 2.05) is 62.3 Å². The summed E-state index contributed by atoms with van der Waals surface area (Å²) in [4.78, 5) is 0. The zero-order valence-electron chi connectivity index (χ0n) is 30.2. The third-order valence-electron chi connectivity index (χ3n) is 9.64. The average Bonchev–Trinajstić information content (AvgIpc) is 3.03. The van der Waals surface area contributed by atoms with Gasteiger partial charge in [-0.15, -0.1) is 22.1 Å². The lowest BCUT2D eigenvalue weighted by Gasteiger charge is -2.53. The molecule has 0 unspecified atom stereocenters. The van der Waals surface area contributed by atoms with Gasteiger partial charge in [0.25, 0.3) is 0 Å². The van der Waals surface area contributed by atoms with Crippen LogP contribution in [0.1, 0.15) is 76.2 Å². The maximum Gasteiger partial charge on any atom is 0.200 e. The Hall–Kier alpha value is -3.60. The zero-order valence-corrected chi connectivity index (χ0v) is 31.1. The van der Waals surface area contributed by atoms with Gasteiger partial charge in [-0.2, -0.15) is 5.47 Å². The Morgan fingerprint density at radius 3 is 0.736 bits per heavy atom. The summed E-state index contributed by atoms with van der Waals surface area (Å²) < 4.78 is 229. The molecular weight excluding hydrogens is 759 g/mol. The first kappa shape index (κ1) is 43.8. The Bertz CT molecular complexity index is 1850. The van der Waals surface area contributed by atoms with Crippen molar-refractivity contribution in [2.75, 3.05) is 0 Å². The van der Waals surface area contributed by atoms with Gasteiger partial charge in [0.1, 0.15) is 46.4 Å². The van der Waals surface area contributed by atoms with Crippen LogP contribution >= 0.6 is 7.26 Å². The Labute approximate surface area is 296 Å². The number of allylic oxidation sites excluding steroid dienone is 2. The molecule has 0 N–H and O–H groups in total. The van der Waals surface area contributed by atoms with Crippen LogP contribution in [-0.2, 0) is 0 Å². The number of hydrogen-bond acceptors (Lipinski definition) is 0. The number of benzene rings is 3. The van der Waals surface area contributed by atoms with E-state index in [1.165, 1.54) is 6.92 Å². The predicted octanol–water partition coefficient (Wildman–Crippen LogP) is 10.8. The molecule has 0 heterocycles. The molecule has 0 aliphatic carbocycles. The first-order valence-corrected chi connectivity index (χ1v) is 17.4. The summed E-state index contributed by atoms with van der Waals surface area (Å²) in [5.41, 5.74) is -4.94. The molecule has 0 nitrogen and oxygen atoms in total. The highest BCUT2D eigenvalue weighted by Crippen LogP contribution is 2.87. The molecule has 17 heteroatoms. The summed E-state index contributed by atoms with van der Waals surface area (Å²) in [6, 6.07) is 0. The zero-order chi connectivity index (χ0) is 41.5. The molecule has 53 heavy (non-hydrogen) atoms. The lowest BCUT2D eigenvalue weighted by atomic mass is 9.12. The van der Waals surface area contributed by atoms with Crippen molar-refractivity contribution >= 4 is 29.8 Å². The van der Waals surface area contributed by atoms with Crippen LogP contribution in [0.2, 0.25) is 0 Å². The molecule has 0 atom stereocenters. The summed E-state index contributed by atoms with van der Waals surface area (Å²) in [5.74, 6) is -45.8. The van der Waals surface area contributed by atoms with E-state index in [0.29, 0.717) is 6.92 Å². The van der Waals surface area contributed by atoms with Gasteiger partial charge in [0, 0.05) is 6.92 Å². The van der Waals surface area contributed by atoms with Crippen molar-refractivity contribution in [1.29, 1.82) is 0 Å². The summed E-state index contributed by atoms with van der Waals surface area (Å²) in [7, 11) is -2.80. The molecule has 0 saturated heterocycles. The Morgan fingerprint density at radius 2 is 0.547 bits per heavy atom. The third-order valence-corrected chi connectivity index (χ3v) is 16.8. The van der Waals surface area contributed by atoms with Gasteiger partial charge in [-0.05, 0) is 68.0 Å². The van der Waals surface area contributed by atoms with Crippen molar-refractivity contribution in [2.24, 2.45) is 0 Å². The van der Waals surface area contributed by atoms with Crippen LogP contribution in [0.3, 0.4) is 0 Å². The SMILES string of the molecule is CC(=C=C=C(C)[P+](C(C)(C)C)(C(C)(C)C)C(C)(C)C)[B-](c1c(F)c(F)c(F)c(F)c1F)(c1c(F)c(F)c(F)c(F)c1F)c1c(F)c(F)c(F)c(F)c1F. The summed E-state index contributed by atoms with van der Waals surface area (Å²) >= 11 is 0. The van der Waals surface area contributed by atoms with Crippen LogP contribution in [0, 0.1) is 87.3 Å². The van der Waals surface area contributed by atoms with Crippen LogP contribution in [-0.4, -0.2) is 21.6 Å². The Kier molecular flexibility index (Phi) is 11.5. The van der Waals surface area contributed by atoms with E-state index < -0.39 is 138 Å². The number of hydrogen-bond donors (Lipinski definition) is 0. The minimum absolute atomic E-state index is 0.210. The molecule has 0 fully saturated rings. The predicted molar refractivity (Wildman–Crippen MR) is 175 cm³/mol. The van der Waals surface area contributed by atoms with Crippen molar-refractivity contribution in [1.82, 2.24) is 0 Å². The molecule has 3 aromatic rings. The second kappa shape index (κ2) is 13.9. The van der Waals surface area contributed by atoms with E-state index in [1.54, 1.807) is 0 Å². The molecule has 0 aromatic heterocycles. The van der Waals surface area contributed by atoms with Gasteiger partial charge in [-0.1, -0.05) is 6.92 Å². The minimum Gasteiger partial charge on any atom is -0.207 e. The van der Waals surface area contributed by atoms with Gasteiger partial charge in [0.15, 0.2) is 52.4 Å². The molecule has 0 spiro atoms. The van der Waals surface area contributed by atoms with Crippen molar-refractivity contribution in [3.63, 3.8) is 0 Å². The molecule has 0 saturated carbocycles. The fraction of sp³-hybridized carbons (Fsp3) is 0.389. The molecule has 0 aliphatic rings. The summed E-state index contributed by atoms with van der Waals surface area (Å²) in [5, 5.41) is -1.87. The van der Waals surface area contributed by atoms with E-state index in [4.69, 9.17) is 0 Å². The molecule has 290 valence electrons. The summed E-state index contributed by atoms with van der Waals surface area (Å²) in [6.45, 7) is 18.3. The van der Waals surface area contributed by atoms with Crippen LogP contribution < -0.4 is 16.4 Å². The largest absolute Gasteiger partial charge is 0.207 e. The van der Waals surface area contributed by atoms with Gasteiger partial charge in [0.05, 0.1) is 22.7 Å². The first-order chi connectivity index (χ1) is 23.8. The van der Waals surface area contributed by atoms with E-state index in [0.717, 1.165) is 0 Å². The van der Waals surface area contributed by atoms with E-state index in [9.17, 15) is 39.5 Å².